The van der Waals surface area contributed by atoms with Gasteiger partial charge >= 0.3 is 0 Å². The van der Waals surface area contributed by atoms with E-state index in [1.807, 2.05) is 20.8 Å². The number of Topliss-reactive ketones (excluding diaryl/α,β-unsaturated/α-hetero) is 1. The van der Waals surface area contributed by atoms with Crippen molar-refractivity contribution in [2.24, 2.45) is 5.41 Å². The predicted octanol–water partition coefficient (Wildman–Crippen LogP) is 3.60. The minimum atomic E-state index is -0.385. The fourth-order valence-corrected chi connectivity index (χ4v) is 4.08. The zero-order valence-corrected chi connectivity index (χ0v) is 17.8. The number of aromatic nitrogens is 1. The Kier molecular flexibility index (Phi) is 4.66. The smallest absolute Gasteiger partial charge is 0.277 e. The van der Waals surface area contributed by atoms with Gasteiger partial charge in [-0.05, 0) is 49.6 Å². The molecular formula is C23H25N3O4. The lowest BCUT2D eigenvalue weighted by atomic mass is 9.74. The summed E-state index contributed by atoms with van der Waals surface area (Å²) in [5.41, 5.74) is 5.04. The van der Waals surface area contributed by atoms with Crippen LogP contribution in [0, 0.1) is 12.3 Å². The molecule has 1 aliphatic heterocycles. The van der Waals surface area contributed by atoms with E-state index in [4.69, 9.17) is 4.84 Å². The van der Waals surface area contributed by atoms with Crippen LogP contribution in [0.15, 0.2) is 18.2 Å². The lowest BCUT2D eigenvalue weighted by molar-refractivity contribution is -0.110. The largest absolute Gasteiger partial charge is 0.358 e. The Balaban J connectivity index is 1.78. The van der Waals surface area contributed by atoms with Crippen LogP contribution in [-0.2, 0) is 16.1 Å². The third-order valence-electron chi connectivity index (χ3n) is 6.11. The van der Waals surface area contributed by atoms with E-state index in [0.717, 1.165) is 40.4 Å². The molecule has 2 aromatic rings. The highest BCUT2D eigenvalue weighted by atomic mass is 16.7. The van der Waals surface area contributed by atoms with Gasteiger partial charge in [-0.15, -0.1) is 0 Å². The predicted molar refractivity (Wildman–Crippen MR) is 114 cm³/mol. The molecule has 2 heterocycles. The number of hydrogen-bond acceptors (Lipinski definition) is 4. The average Bonchev–Trinajstić information content (AvgIpc) is 3.20. The van der Waals surface area contributed by atoms with Gasteiger partial charge in [-0.25, -0.2) is 5.06 Å². The number of fused-ring (bicyclic) bond motifs is 2. The molecule has 0 unspecified atom stereocenters. The Morgan fingerprint density at radius 2 is 2.00 bits per heavy atom. The third kappa shape index (κ3) is 3.06. The summed E-state index contributed by atoms with van der Waals surface area (Å²) in [6.45, 7) is 5.85. The molecule has 0 bridgehead atoms. The van der Waals surface area contributed by atoms with Crippen molar-refractivity contribution < 1.29 is 19.2 Å². The first-order valence-electron chi connectivity index (χ1n) is 9.90. The normalized spacial score (nSPS) is 18.2. The lowest BCUT2D eigenvalue weighted by Crippen LogP contribution is -2.30. The van der Waals surface area contributed by atoms with Crippen LogP contribution >= 0.6 is 0 Å². The topological polar surface area (TPSA) is 91.5 Å². The van der Waals surface area contributed by atoms with Crippen molar-refractivity contribution in [1.29, 1.82) is 0 Å². The highest BCUT2D eigenvalue weighted by Gasteiger charge is 2.37. The third-order valence-corrected chi connectivity index (χ3v) is 6.11. The van der Waals surface area contributed by atoms with E-state index >= 15 is 0 Å². The number of aryl methyl sites for hydroxylation is 1. The van der Waals surface area contributed by atoms with Crippen molar-refractivity contribution in [1.82, 2.24) is 10.0 Å². The summed E-state index contributed by atoms with van der Waals surface area (Å²) < 4.78 is 0. The molecular weight excluding hydrogens is 382 g/mol. The standard InChI is InChI=1S/C23H25N3O4/c1-12-18(24-17-8-9-23(2,3)20(27)19(12)17)11-15-14-10-13(22(29)26(4)30-5)6-7-16(14)25-21(15)28/h6-7,10-11,24H,8-9H2,1-5H3,(H,25,28). The van der Waals surface area contributed by atoms with Gasteiger partial charge in [0.2, 0.25) is 0 Å². The summed E-state index contributed by atoms with van der Waals surface area (Å²) in [5.74, 6) is -0.416. The molecule has 2 amide bonds. The number of benzene rings is 1. The fraction of sp³-hybridized carbons (Fsp3) is 0.348. The Labute approximate surface area is 175 Å². The molecule has 156 valence electrons. The van der Waals surface area contributed by atoms with Gasteiger partial charge in [-0.2, -0.15) is 0 Å². The Morgan fingerprint density at radius 3 is 2.70 bits per heavy atom. The zero-order valence-electron chi connectivity index (χ0n) is 17.8. The van der Waals surface area contributed by atoms with E-state index in [2.05, 4.69) is 10.3 Å². The van der Waals surface area contributed by atoms with Gasteiger partial charge in [0.1, 0.15) is 0 Å². The molecule has 0 atom stereocenters. The van der Waals surface area contributed by atoms with Crippen LogP contribution in [0.4, 0.5) is 5.69 Å². The van der Waals surface area contributed by atoms with E-state index in [1.54, 1.807) is 24.3 Å². The lowest BCUT2D eigenvalue weighted by Gasteiger charge is -2.28. The number of carbonyl (C=O) groups is 3. The Hall–Kier alpha value is -3.19. The fourth-order valence-electron chi connectivity index (χ4n) is 4.08. The van der Waals surface area contributed by atoms with Crippen LogP contribution in [0.1, 0.15) is 63.5 Å². The molecule has 0 saturated heterocycles. The second kappa shape index (κ2) is 6.95. The maximum absolute atomic E-state index is 12.9. The van der Waals surface area contributed by atoms with Gasteiger partial charge in [-0.3, -0.25) is 19.2 Å². The SMILES string of the molecule is CON(C)C(=O)c1ccc2c(c1)C(=Cc1[nH]c3c(c1C)C(=O)C(C)(C)CC3)C(=O)N2. The quantitative estimate of drug-likeness (QED) is 0.601. The maximum atomic E-state index is 12.9. The van der Waals surface area contributed by atoms with Gasteiger partial charge in [0, 0.05) is 46.2 Å². The number of hydroxylamine groups is 2. The van der Waals surface area contributed by atoms with Crippen molar-refractivity contribution in [3.8, 4) is 0 Å². The molecule has 30 heavy (non-hydrogen) atoms. The molecule has 0 spiro atoms. The molecule has 0 saturated carbocycles. The Morgan fingerprint density at radius 1 is 1.27 bits per heavy atom. The summed E-state index contributed by atoms with van der Waals surface area (Å²) in [6.07, 6.45) is 3.35. The molecule has 2 aliphatic rings. The number of anilines is 1. The van der Waals surface area contributed by atoms with E-state index in [1.165, 1.54) is 14.2 Å². The minimum Gasteiger partial charge on any atom is -0.358 e. The number of amides is 2. The summed E-state index contributed by atoms with van der Waals surface area (Å²) >= 11 is 0. The van der Waals surface area contributed by atoms with Crippen molar-refractivity contribution in [2.45, 2.75) is 33.6 Å². The molecule has 7 heteroatoms. The number of carbonyl (C=O) groups excluding carboxylic acids is 3. The molecule has 2 N–H and O–H groups in total. The number of nitrogens with zero attached hydrogens (tertiary/aromatic N) is 1. The van der Waals surface area contributed by atoms with Gasteiger partial charge < -0.3 is 10.3 Å². The maximum Gasteiger partial charge on any atom is 0.277 e. The van der Waals surface area contributed by atoms with Crippen molar-refractivity contribution >= 4 is 34.9 Å². The number of nitrogens with one attached hydrogen (secondary N) is 2. The number of rotatable bonds is 3. The molecule has 0 radical (unpaired) electrons. The average molecular weight is 407 g/mol. The first-order chi connectivity index (χ1) is 14.1. The van der Waals surface area contributed by atoms with E-state index < -0.39 is 0 Å². The number of aromatic amines is 1. The second-order valence-corrected chi connectivity index (χ2v) is 8.49. The van der Waals surface area contributed by atoms with Gasteiger partial charge in [0.15, 0.2) is 5.78 Å². The zero-order chi connectivity index (χ0) is 21.8. The summed E-state index contributed by atoms with van der Waals surface area (Å²) in [5, 5.41) is 3.97. The van der Waals surface area contributed by atoms with Crippen LogP contribution in [-0.4, -0.2) is 41.8 Å². The highest BCUT2D eigenvalue weighted by molar-refractivity contribution is 6.35. The minimum absolute atomic E-state index is 0.133. The molecule has 1 aliphatic carbocycles. The molecule has 1 aromatic carbocycles. The van der Waals surface area contributed by atoms with Crippen LogP contribution in [0.2, 0.25) is 0 Å². The molecule has 4 rings (SSSR count). The van der Waals surface area contributed by atoms with Crippen LogP contribution in [0.25, 0.3) is 11.6 Å². The van der Waals surface area contributed by atoms with Crippen LogP contribution < -0.4 is 5.32 Å². The highest BCUT2D eigenvalue weighted by Crippen LogP contribution is 2.39. The van der Waals surface area contributed by atoms with Crippen molar-refractivity contribution in [3.63, 3.8) is 0 Å². The summed E-state index contributed by atoms with van der Waals surface area (Å²) in [6, 6.07) is 5.05. The summed E-state index contributed by atoms with van der Waals surface area (Å²) in [7, 11) is 2.95. The van der Waals surface area contributed by atoms with Crippen LogP contribution in [0.3, 0.4) is 0 Å². The summed E-state index contributed by atoms with van der Waals surface area (Å²) in [4.78, 5) is 46.3. The van der Waals surface area contributed by atoms with Gasteiger partial charge in [0.25, 0.3) is 11.8 Å². The van der Waals surface area contributed by atoms with Gasteiger partial charge in [-0.1, -0.05) is 13.8 Å². The van der Waals surface area contributed by atoms with Gasteiger partial charge in [0.05, 0.1) is 12.7 Å². The molecule has 0 fully saturated rings. The van der Waals surface area contributed by atoms with Crippen molar-refractivity contribution in [2.75, 3.05) is 19.5 Å². The number of H-pyrrole nitrogens is 1. The molecule has 1 aromatic heterocycles. The van der Waals surface area contributed by atoms with E-state index in [9.17, 15) is 14.4 Å². The number of ketones is 1. The van der Waals surface area contributed by atoms with Crippen molar-refractivity contribution in [3.05, 3.63) is 51.8 Å². The first kappa shape index (κ1) is 20.1. The van der Waals surface area contributed by atoms with Crippen LogP contribution in [0.5, 0.6) is 0 Å². The second-order valence-electron chi connectivity index (χ2n) is 8.49. The van der Waals surface area contributed by atoms with E-state index in [0.29, 0.717) is 22.4 Å². The number of hydrogen-bond donors (Lipinski definition) is 2. The van der Waals surface area contributed by atoms with E-state index in [-0.39, 0.29) is 23.0 Å². The Bertz CT molecular complexity index is 1120. The first-order valence-corrected chi connectivity index (χ1v) is 9.90. The monoisotopic (exact) mass is 407 g/mol. The molecule has 7 nitrogen and oxygen atoms in total.